The summed E-state index contributed by atoms with van der Waals surface area (Å²) in [6.07, 6.45) is 0. The van der Waals surface area contributed by atoms with Gasteiger partial charge in [-0.2, -0.15) is 0 Å². The minimum atomic E-state index is -0.464. The average molecular weight is 301 g/mol. The van der Waals surface area contributed by atoms with Crippen LogP contribution in [-0.4, -0.2) is 10.8 Å². The van der Waals surface area contributed by atoms with Crippen LogP contribution < -0.4 is 5.73 Å². The second kappa shape index (κ2) is 5.57. The highest BCUT2D eigenvalue weighted by Crippen LogP contribution is 2.27. The molecule has 1 aromatic heterocycles. The number of benzene rings is 2. The standard InChI is InChI=1S/C15H12FN3OS/c16-13-9(4-3-5-10(13)14(17)18)8-21-15-19-11-6-1-2-7-12(11)20-15/h1-7H,8H2,(H3,17,18). The van der Waals surface area contributed by atoms with Gasteiger partial charge in [0.2, 0.25) is 0 Å². The molecular weight excluding hydrogens is 289 g/mol. The van der Waals surface area contributed by atoms with Crippen molar-refractivity contribution < 1.29 is 8.81 Å². The van der Waals surface area contributed by atoms with E-state index in [-0.39, 0.29) is 11.4 Å². The fourth-order valence-corrected chi connectivity index (χ4v) is 2.77. The Morgan fingerprint density at radius 2 is 2.05 bits per heavy atom. The van der Waals surface area contributed by atoms with E-state index in [1.807, 2.05) is 24.3 Å². The molecule has 0 radical (unpaired) electrons. The summed E-state index contributed by atoms with van der Waals surface area (Å²) in [5, 5.41) is 7.83. The lowest BCUT2D eigenvalue weighted by molar-refractivity contribution is 0.489. The molecule has 0 atom stereocenters. The van der Waals surface area contributed by atoms with Gasteiger partial charge in [0.25, 0.3) is 5.22 Å². The predicted molar refractivity (Wildman–Crippen MR) is 81.0 cm³/mol. The lowest BCUT2D eigenvalue weighted by atomic mass is 10.1. The second-order valence-corrected chi connectivity index (χ2v) is 5.36. The number of hydrogen-bond acceptors (Lipinski definition) is 4. The van der Waals surface area contributed by atoms with Gasteiger partial charge in [-0.15, -0.1) is 0 Å². The van der Waals surface area contributed by atoms with Crippen LogP contribution in [0.15, 0.2) is 52.1 Å². The molecule has 3 aromatic rings. The van der Waals surface area contributed by atoms with Crippen LogP contribution in [-0.2, 0) is 5.75 Å². The Morgan fingerprint density at radius 3 is 2.81 bits per heavy atom. The van der Waals surface area contributed by atoms with E-state index in [1.165, 1.54) is 17.8 Å². The third-order valence-electron chi connectivity index (χ3n) is 2.99. The maximum atomic E-state index is 14.1. The van der Waals surface area contributed by atoms with Gasteiger partial charge in [-0.3, -0.25) is 5.41 Å². The Labute approximate surface area is 124 Å². The number of rotatable bonds is 4. The van der Waals surface area contributed by atoms with Crippen molar-refractivity contribution in [2.45, 2.75) is 11.0 Å². The topological polar surface area (TPSA) is 75.9 Å². The number of nitrogen functional groups attached to an aromatic ring is 1. The first-order valence-corrected chi connectivity index (χ1v) is 7.24. The molecule has 1 heterocycles. The first-order valence-electron chi connectivity index (χ1n) is 6.25. The maximum absolute atomic E-state index is 14.1. The Morgan fingerprint density at radius 1 is 1.24 bits per heavy atom. The number of thioether (sulfide) groups is 1. The highest BCUT2D eigenvalue weighted by molar-refractivity contribution is 7.98. The molecule has 0 saturated heterocycles. The first-order chi connectivity index (χ1) is 10.1. The highest BCUT2D eigenvalue weighted by Gasteiger charge is 2.12. The van der Waals surface area contributed by atoms with Crippen LogP contribution in [0.1, 0.15) is 11.1 Å². The number of hydrogen-bond donors (Lipinski definition) is 2. The summed E-state index contributed by atoms with van der Waals surface area (Å²) >= 11 is 1.30. The van der Waals surface area contributed by atoms with Gasteiger partial charge in [-0.05, 0) is 23.8 Å². The van der Waals surface area contributed by atoms with Gasteiger partial charge in [0, 0.05) is 5.75 Å². The van der Waals surface area contributed by atoms with Crippen molar-refractivity contribution >= 4 is 28.7 Å². The largest absolute Gasteiger partial charge is 0.431 e. The number of nitrogens with two attached hydrogens (primary N) is 1. The van der Waals surface area contributed by atoms with E-state index >= 15 is 0 Å². The lowest BCUT2D eigenvalue weighted by Crippen LogP contribution is -2.14. The van der Waals surface area contributed by atoms with E-state index in [2.05, 4.69) is 4.98 Å². The summed E-state index contributed by atoms with van der Waals surface area (Å²) in [6.45, 7) is 0. The van der Waals surface area contributed by atoms with Crippen LogP contribution in [0.25, 0.3) is 11.1 Å². The van der Waals surface area contributed by atoms with Crippen LogP contribution >= 0.6 is 11.8 Å². The van der Waals surface area contributed by atoms with Gasteiger partial charge >= 0.3 is 0 Å². The Bertz CT molecular complexity index is 783. The zero-order valence-electron chi connectivity index (χ0n) is 11.0. The van der Waals surface area contributed by atoms with Crippen LogP contribution in [0, 0.1) is 11.2 Å². The van der Waals surface area contributed by atoms with Gasteiger partial charge in [-0.25, -0.2) is 9.37 Å². The van der Waals surface area contributed by atoms with Crippen molar-refractivity contribution in [2.75, 3.05) is 0 Å². The van der Waals surface area contributed by atoms with Gasteiger partial charge in [0.1, 0.15) is 17.2 Å². The van der Waals surface area contributed by atoms with Crippen molar-refractivity contribution in [3.63, 3.8) is 0 Å². The van der Waals surface area contributed by atoms with Crippen molar-refractivity contribution in [3.8, 4) is 0 Å². The maximum Gasteiger partial charge on any atom is 0.257 e. The van der Waals surface area contributed by atoms with E-state index in [1.54, 1.807) is 12.1 Å². The number of amidine groups is 1. The van der Waals surface area contributed by atoms with Crippen molar-refractivity contribution in [2.24, 2.45) is 5.73 Å². The number of fused-ring (bicyclic) bond motifs is 1. The number of para-hydroxylation sites is 2. The molecule has 0 aliphatic carbocycles. The predicted octanol–water partition coefficient (Wildman–Crippen LogP) is 3.54. The monoisotopic (exact) mass is 301 g/mol. The zero-order valence-corrected chi connectivity index (χ0v) is 11.8. The van der Waals surface area contributed by atoms with Gasteiger partial charge < -0.3 is 10.2 Å². The molecule has 0 fully saturated rings. The highest BCUT2D eigenvalue weighted by atomic mass is 32.2. The second-order valence-electron chi connectivity index (χ2n) is 4.43. The van der Waals surface area contributed by atoms with Crippen molar-refractivity contribution in [1.29, 1.82) is 5.41 Å². The molecule has 0 unspecified atom stereocenters. The van der Waals surface area contributed by atoms with E-state index in [0.717, 1.165) is 5.52 Å². The molecular formula is C15H12FN3OS. The Kier molecular flexibility index (Phi) is 3.62. The number of nitrogens with zero attached hydrogens (tertiary/aromatic N) is 1. The molecule has 0 saturated carbocycles. The normalized spacial score (nSPS) is 10.9. The van der Waals surface area contributed by atoms with Crippen LogP contribution in [0.4, 0.5) is 4.39 Å². The number of halogens is 1. The molecule has 21 heavy (non-hydrogen) atoms. The number of aromatic nitrogens is 1. The van der Waals surface area contributed by atoms with Gasteiger partial charge in [-0.1, -0.05) is 36.0 Å². The fourth-order valence-electron chi connectivity index (χ4n) is 1.95. The smallest absolute Gasteiger partial charge is 0.257 e. The molecule has 0 spiro atoms. The summed E-state index contributed by atoms with van der Waals surface area (Å²) in [5.74, 6) is -0.380. The molecule has 6 heteroatoms. The molecule has 0 amide bonds. The van der Waals surface area contributed by atoms with Crippen LogP contribution in [0.5, 0.6) is 0 Å². The average Bonchev–Trinajstić information content (AvgIpc) is 2.88. The fraction of sp³-hybridized carbons (Fsp3) is 0.0667. The van der Waals surface area contributed by atoms with Gasteiger partial charge in [0.05, 0.1) is 5.56 Å². The minimum Gasteiger partial charge on any atom is -0.431 e. The summed E-state index contributed by atoms with van der Waals surface area (Å²) < 4.78 is 19.7. The van der Waals surface area contributed by atoms with Crippen molar-refractivity contribution in [3.05, 3.63) is 59.4 Å². The summed E-state index contributed by atoms with van der Waals surface area (Å²) in [6, 6.07) is 12.3. The van der Waals surface area contributed by atoms with E-state index < -0.39 is 5.82 Å². The molecule has 3 rings (SSSR count). The Balaban J connectivity index is 1.81. The molecule has 0 bridgehead atoms. The minimum absolute atomic E-state index is 0.116. The third kappa shape index (κ3) is 2.75. The molecule has 2 aromatic carbocycles. The van der Waals surface area contributed by atoms with Crippen LogP contribution in [0.2, 0.25) is 0 Å². The number of nitrogens with one attached hydrogen (secondary N) is 1. The third-order valence-corrected chi connectivity index (χ3v) is 3.87. The molecule has 3 N–H and O–H groups in total. The lowest BCUT2D eigenvalue weighted by Gasteiger charge is -2.05. The van der Waals surface area contributed by atoms with E-state index in [9.17, 15) is 4.39 Å². The Hall–Kier alpha value is -2.34. The molecule has 106 valence electrons. The molecule has 4 nitrogen and oxygen atoms in total. The SMILES string of the molecule is N=C(N)c1cccc(CSc2nc3ccccc3o2)c1F. The van der Waals surface area contributed by atoms with Crippen molar-refractivity contribution in [1.82, 2.24) is 4.98 Å². The number of oxazole rings is 1. The first kappa shape index (κ1) is 13.6. The summed E-state index contributed by atoms with van der Waals surface area (Å²) in [7, 11) is 0. The molecule has 0 aliphatic rings. The van der Waals surface area contributed by atoms with E-state index in [4.69, 9.17) is 15.6 Å². The molecule has 0 aliphatic heterocycles. The summed E-state index contributed by atoms with van der Waals surface area (Å²) in [5.41, 5.74) is 7.41. The van der Waals surface area contributed by atoms with E-state index in [0.29, 0.717) is 22.1 Å². The quantitative estimate of drug-likeness (QED) is 0.439. The van der Waals surface area contributed by atoms with Gasteiger partial charge in [0.15, 0.2) is 5.58 Å². The zero-order chi connectivity index (χ0) is 14.8. The van der Waals surface area contributed by atoms with Crippen LogP contribution in [0.3, 0.4) is 0 Å². The summed E-state index contributed by atoms with van der Waals surface area (Å²) in [4.78, 5) is 4.32.